The Hall–Kier alpha value is -0.810. The van der Waals surface area contributed by atoms with Gasteiger partial charge < -0.3 is 20.3 Å². The normalized spacial score (nSPS) is 17.2. The fourth-order valence-corrected chi connectivity index (χ4v) is 2.65. The van der Waals surface area contributed by atoms with E-state index in [1.54, 1.807) is 7.11 Å². The lowest BCUT2D eigenvalue weighted by Crippen LogP contribution is -2.44. The molecule has 1 aliphatic rings. The third-order valence-corrected chi connectivity index (χ3v) is 3.94. The van der Waals surface area contributed by atoms with Gasteiger partial charge >= 0.3 is 0 Å². The van der Waals surface area contributed by atoms with Gasteiger partial charge in [-0.05, 0) is 39.8 Å². The van der Waals surface area contributed by atoms with Gasteiger partial charge in [0.2, 0.25) is 0 Å². The summed E-state index contributed by atoms with van der Waals surface area (Å²) in [5.41, 5.74) is 0. The van der Waals surface area contributed by atoms with E-state index in [2.05, 4.69) is 29.5 Å². The second kappa shape index (κ2) is 11.8. The number of nitrogens with one attached hydrogen (secondary N) is 2. The molecule has 1 fully saturated rings. The molecule has 0 heterocycles. The van der Waals surface area contributed by atoms with Crippen LogP contribution in [0.2, 0.25) is 0 Å². The van der Waals surface area contributed by atoms with Gasteiger partial charge in [0.1, 0.15) is 0 Å². The van der Waals surface area contributed by atoms with Gasteiger partial charge in [-0.1, -0.05) is 19.3 Å². The van der Waals surface area contributed by atoms with Crippen LogP contribution in [0, 0.1) is 0 Å². The van der Waals surface area contributed by atoms with E-state index in [9.17, 15) is 0 Å². The summed E-state index contributed by atoms with van der Waals surface area (Å²) in [6.07, 6.45) is 7.73. The zero-order chi connectivity index (χ0) is 15.3. The molecule has 0 spiro atoms. The summed E-state index contributed by atoms with van der Waals surface area (Å²) in [4.78, 5) is 6.99. The zero-order valence-electron chi connectivity index (χ0n) is 14.2. The first-order chi connectivity index (χ1) is 10.3. The van der Waals surface area contributed by atoms with Crippen LogP contribution in [-0.2, 0) is 4.74 Å². The van der Waals surface area contributed by atoms with Gasteiger partial charge in [0.25, 0.3) is 0 Å². The molecular formula is C16H34N4O. The van der Waals surface area contributed by atoms with E-state index in [0.717, 1.165) is 45.2 Å². The Bertz CT molecular complexity index is 277. The SMILES string of the molecule is CCNC(=NCCCN(C)CCOC)NC1CCCCC1. The van der Waals surface area contributed by atoms with Gasteiger partial charge in [0.15, 0.2) is 5.96 Å². The van der Waals surface area contributed by atoms with Gasteiger partial charge in [-0.2, -0.15) is 0 Å². The van der Waals surface area contributed by atoms with Crippen molar-refractivity contribution in [3.8, 4) is 0 Å². The van der Waals surface area contributed by atoms with E-state index in [0.29, 0.717) is 6.04 Å². The quantitative estimate of drug-likeness (QED) is 0.387. The minimum Gasteiger partial charge on any atom is -0.383 e. The fourth-order valence-electron chi connectivity index (χ4n) is 2.65. The average Bonchev–Trinajstić information content (AvgIpc) is 2.50. The smallest absolute Gasteiger partial charge is 0.191 e. The van der Waals surface area contributed by atoms with Crippen LogP contribution in [0.25, 0.3) is 0 Å². The minimum atomic E-state index is 0.612. The van der Waals surface area contributed by atoms with Crippen molar-refractivity contribution in [3.05, 3.63) is 0 Å². The van der Waals surface area contributed by atoms with E-state index in [-0.39, 0.29) is 0 Å². The molecule has 124 valence electrons. The largest absolute Gasteiger partial charge is 0.383 e. The summed E-state index contributed by atoms with van der Waals surface area (Å²) in [7, 11) is 3.88. The van der Waals surface area contributed by atoms with Gasteiger partial charge in [-0.3, -0.25) is 4.99 Å². The summed E-state index contributed by atoms with van der Waals surface area (Å²) < 4.78 is 5.08. The number of likely N-dealkylation sites (N-methyl/N-ethyl adjacent to an activating group) is 1. The van der Waals surface area contributed by atoms with E-state index >= 15 is 0 Å². The summed E-state index contributed by atoms with van der Waals surface area (Å²) in [6, 6.07) is 0.612. The van der Waals surface area contributed by atoms with Crippen LogP contribution in [0.4, 0.5) is 0 Å². The third-order valence-electron chi connectivity index (χ3n) is 3.94. The molecule has 21 heavy (non-hydrogen) atoms. The summed E-state index contributed by atoms with van der Waals surface area (Å²) >= 11 is 0. The lowest BCUT2D eigenvalue weighted by atomic mass is 9.96. The molecule has 2 N–H and O–H groups in total. The number of guanidine groups is 1. The predicted molar refractivity (Wildman–Crippen MR) is 90.0 cm³/mol. The first-order valence-electron chi connectivity index (χ1n) is 8.48. The first-order valence-corrected chi connectivity index (χ1v) is 8.48. The predicted octanol–water partition coefficient (Wildman–Crippen LogP) is 1.84. The molecule has 0 bridgehead atoms. The molecule has 5 nitrogen and oxygen atoms in total. The lowest BCUT2D eigenvalue weighted by molar-refractivity contribution is 0.161. The molecule has 5 heteroatoms. The van der Waals surface area contributed by atoms with Crippen molar-refractivity contribution >= 4 is 5.96 Å². The van der Waals surface area contributed by atoms with Crippen molar-refractivity contribution in [2.45, 2.75) is 51.5 Å². The average molecular weight is 298 g/mol. The van der Waals surface area contributed by atoms with Crippen LogP contribution in [0.5, 0.6) is 0 Å². The monoisotopic (exact) mass is 298 g/mol. The van der Waals surface area contributed by atoms with Crippen molar-refractivity contribution in [3.63, 3.8) is 0 Å². The van der Waals surface area contributed by atoms with Crippen LogP contribution in [0.1, 0.15) is 45.4 Å². The van der Waals surface area contributed by atoms with Crippen molar-refractivity contribution in [1.29, 1.82) is 0 Å². The van der Waals surface area contributed by atoms with Crippen LogP contribution >= 0.6 is 0 Å². The number of hydrogen-bond donors (Lipinski definition) is 2. The number of methoxy groups -OCH3 is 1. The molecule has 0 aromatic carbocycles. The number of ether oxygens (including phenoxy) is 1. The highest BCUT2D eigenvalue weighted by molar-refractivity contribution is 5.80. The number of aliphatic imine (C=N–C) groups is 1. The molecule has 0 aliphatic heterocycles. The van der Waals surface area contributed by atoms with Gasteiger partial charge in [0, 0.05) is 32.8 Å². The molecular weight excluding hydrogens is 264 g/mol. The van der Waals surface area contributed by atoms with E-state index < -0.39 is 0 Å². The second-order valence-electron chi connectivity index (χ2n) is 5.89. The molecule has 0 aromatic heterocycles. The Balaban J connectivity index is 2.23. The Kier molecular flexibility index (Phi) is 10.3. The summed E-state index contributed by atoms with van der Waals surface area (Å²) in [6.45, 7) is 6.77. The highest BCUT2D eigenvalue weighted by Gasteiger charge is 2.14. The molecule has 0 atom stereocenters. The third kappa shape index (κ3) is 8.94. The number of hydrogen-bond acceptors (Lipinski definition) is 3. The van der Waals surface area contributed by atoms with E-state index in [1.165, 1.54) is 32.1 Å². The maximum atomic E-state index is 5.08. The highest BCUT2D eigenvalue weighted by Crippen LogP contribution is 2.17. The number of nitrogens with zero attached hydrogens (tertiary/aromatic N) is 2. The molecule has 1 saturated carbocycles. The Morgan fingerprint density at radius 2 is 2.00 bits per heavy atom. The molecule has 0 amide bonds. The van der Waals surface area contributed by atoms with Crippen molar-refractivity contribution in [2.24, 2.45) is 4.99 Å². The standard InChI is InChI=1S/C16H34N4O/c1-4-17-16(19-15-9-6-5-7-10-15)18-11-8-12-20(2)13-14-21-3/h15H,4-14H2,1-3H3,(H2,17,18,19). The van der Waals surface area contributed by atoms with Crippen LogP contribution in [0.15, 0.2) is 4.99 Å². The second-order valence-corrected chi connectivity index (χ2v) is 5.89. The first kappa shape index (κ1) is 18.2. The van der Waals surface area contributed by atoms with Crippen LogP contribution < -0.4 is 10.6 Å². The van der Waals surface area contributed by atoms with Gasteiger partial charge in [0.05, 0.1) is 6.61 Å². The highest BCUT2D eigenvalue weighted by atomic mass is 16.5. The Morgan fingerprint density at radius 1 is 1.24 bits per heavy atom. The summed E-state index contributed by atoms with van der Waals surface area (Å²) in [5.74, 6) is 0.990. The molecule has 1 aliphatic carbocycles. The molecule has 0 saturated heterocycles. The van der Waals surface area contributed by atoms with Crippen LogP contribution in [0.3, 0.4) is 0 Å². The van der Waals surface area contributed by atoms with E-state index in [1.807, 2.05) is 0 Å². The Labute approximate surface area is 130 Å². The van der Waals surface area contributed by atoms with Crippen molar-refractivity contribution in [1.82, 2.24) is 15.5 Å². The molecule has 0 unspecified atom stereocenters. The van der Waals surface area contributed by atoms with Crippen molar-refractivity contribution < 1.29 is 4.74 Å². The molecule has 1 rings (SSSR count). The van der Waals surface area contributed by atoms with Gasteiger partial charge in [-0.15, -0.1) is 0 Å². The molecule has 0 aromatic rings. The number of rotatable bonds is 9. The summed E-state index contributed by atoms with van der Waals surface area (Å²) in [5, 5.41) is 6.94. The van der Waals surface area contributed by atoms with Crippen molar-refractivity contribution in [2.75, 3.05) is 46.9 Å². The minimum absolute atomic E-state index is 0.612. The zero-order valence-corrected chi connectivity index (χ0v) is 14.2. The van der Waals surface area contributed by atoms with Crippen LogP contribution in [-0.4, -0.2) is 63.8 Å². The lowest BCUT2D eigenvalue weighted by Gasteiger charge is -2.25. The molecule has 0 radical (unpaired) electrons. The van der Waals surface area contributed by atoms with Gasteiger partial charge in [-0.25, -0.2) is 0 Å². The Morgan fingerprint density at radius 3 is 2.67 bits per heavy atom. The fraction of sp³-hybridized carbons (Fsp3) is 0.938. The van der Waals surface area contributed by atoms with E-state index in [4.69, 9.17) is 9.73 Å². The topological polar surface area (TPSA) is 48.9 Å². The maximum absolute atomic E-state index is 5.08. The maximum Gasteiger partial charge on any atom is 0.191 e.